The van der Waals surface area contributed by atoms with Gasteiger partial charge in [-0.05, 0) is 24.3 Å². The van der Waals surface area contributed by atoms with Crippen LogP contribution in [0.4, 0.5) is 0 Å². The second-order valence-corrected chi connectivity index (χ2v) is 7.41. The van der Waals surface area contributed by atoms with Gasteiger partial charge in [-0.2, -0.15) is 0 Å². The Kier molecular flexibility index (Phi) is 2.60. The molecule has 0 spiro atoms. The topological polar surface area (TPSA) is 12.9 Å². The molecule has 0 N–H and O–H groups in total. The molecular weight excluding hydrogens is 306 g/mol. The largest absolute Gasteiger partial charge is 0.236 e. The second-order valence-electron chi connectivity index (χ2n) is 5.30. The minimum atomic E-state index is 1.08. The number of benzene rings is 3. The molecule has 1 nitrogen and oxygen atoms in total. The monoisotopic (exact) mass is 317 g/mol. The normalized spacial score (nSPS) is 11.6. The van der Waals surface area contributed by atoms with Crippen LogP contribution in [-0.2, 0) is 0 Å². The van der Waals surface area contributed by atoms with Gasteiger partial charge in [0.25, 0.3) is 0 Å². The summed E-state index contributed by atoms with van der Waals surface area (Å²) in [7, 11) is 0. The number of rotatable bonds is 1. The summed E-state index contributed by atoms with van der Waals surface area (Å²) >= 11 is 3.61. The van der Waals surface area contributed by atoms with Crippen LogP contribution in [0, 0.1) is 0 Å². The smallest absolute Gasteiger partial charge is 0.124 e. The second kappa shape index (κ2) is 4.63. The van der Waals surface area contributed by atoms with Gasteiger partial charge in [0.15, 0.2) is 0 Å². The Hall–Kier alpha value is -2.23. The number of para-hydroxylation sites is 1. The maximum Gasteiger partial charge on any atom is 0.124 e. The summed E-state index contributed by atoms with van der Waals surface area (Å²) in [6, 6.07) is 23.6. The number of thiazole rings is 1. The Morgan fingerprint density at radius 1 is 0.636 bits per heavy atom. The van der Waals surface area contributed by atoms with E-state index in [1.54, 1.807) is 11.3 Å². The number of hydrogen-bond donors (Lipinski definition) is 0. The van der Waals surface area contributed by atoms with Gasteiger partial charge < -0.3 is 0 Å². The summed E-state index contributed by atoms with van der Waals surface area (Å²) in [5.74, 6) is 0. The third-order valence-electron chi connectivity index (χ3n) is 3.92. The molecule has 0 atom stereocenters. The first-order valence-corrected chi connectivity index (χ1v) is 8.79. The predicted octanol–water partition coefficient (Wildman–Crippen LogP) is 6.33. The third-order valence-corrected chi connectivity index (χ3v) is 6.14. The molecule has 0 amide bonds. The Bertz CT molecular complexity index is 1100. The van der Waals surface area contributed by atoms with Crippen molar-refractivity contribution in [2.24, 2.45) is 0 Å². The number of aromatic nitrogens is 1. The Labute approximate surface area is 135 Å². The van der Waals surface area contributed by atoms with Crippen LogP contribution >= 0.6 is 22.7 Å². The van der Waals surface area contributed by atoms with Gasteiger partial charge in [-0.3, -0.25) is 0 Å². The van der Waals surface area contributed by atoms with E-state index in [4.69, 9.17) is 4.98 Å². The van der Waals surface area contributed by atoms with Crippen molar-refractivity contribution >= 4 is 53.1 Å². The van der Waals surface area contributed by atoms with Crippen molar-refractivity contribution in [2.75, 3.05) is 0 Å². The fourth-order valence-electron chi connectivity index (χ4n) is 2.85. The van der Waals surface area contributed by atoms with E-state index in [1.165, 1.54) is 30.4 Å². The first kappa shape index (κ1) is 12.3. The van der Waals surface area contributed by atoms with Crippen LogP contribution in [0.1, 0.15) is 0 Å². The minimum Gasteiger partial charge on any atom is -0.236 e. The van der Waals surface area contributed by atoms with E-state index >= 15 is 0 Å². The zero-order chi connectivity index (χ0) is 14.5. The van der Waals surface area contributed by atoms with Crippen molar-refractivity contribution in [3.05, 3.63) is 66.7 Å². The molecule has 0 unspecified atom stereocenters. The molecule has 104 valence electrons. The van der Waals surface area contributed by atoms with E-state index in [2.05, 4.69) is 60.7 Å². The molecule has 0 fully saturated rings. The standard InChI is InChI=1S/C19H11NS2/c1-3-7-16-13(5-1)14-10-9-12(11-18(14)21-16)19-20-15-6-2-4-8-17(15)22-19/h1-11H. The summed E-state index contributed by atoms with van der Waals surface area (Å²) in [5.41, 5.74) is 2.29. The van der Waals surface area contributed by atoms with Crippen molar-refractivity contribution in [2.45, 2.75) is 0 Å². The van der Waals surface area contributed by atoms with Crippen LogP contribution in [-0.4, -0.2) is 4.98 Å². The number of fused-ring (bicyclic) bond motifs is 4. The quantitative estimate of drug-likeness (QED) is 0.352. The van der Waals surface area contributed by atoms with Gasteiger partial charge in [0, 0.05) is 25.7 Å². The van der Waals surface area contributed by atoms with Gasteiger partial charge in [0.2, 0.25) is 0 Å². The van der Waals surface area contributed by atoms with E-state index < -0.39 is 0 Å². The third kappa shape index (κ3) is 1.79. The zero-order valence-electron chi connectivity index (χ0n) is 11.6. The van der Waals surface area contributed by atoms with Gasteiger partial charge in [-0.25, -0.2) is 4.98 Å². The lowest BCUT2D eigenvalue weighted by Crippen LogP contribution is -1.75. The van der Waals surface area contributed by atoms with E-state index in [9.17, 15) is 0 Å². The molecule has 2 heterocycles. The molecule has 0 saturated heterocycles. The van der Waals surface area contributed by atoms with Crippen LogP contribution in [0.2, 0.25) is 0 Å². The fourth-order valence-corrected chi connectivity index (χ4v) is 4.96. The Balaban J connectivity index is 1.75. The Morgan fingerprint density at radius 3 is 2.32 bits per heavy atom. The fraction of sp³-hybridized carbons (Fsp3) is 0. The molecule has 0 aliphatic heterocycles. The summed E-state index contributed by atoms with van der Waals surface area (Å²) in [6.45, 7) is 0. The van der Waals surface area contributed by atoms with E-state index in [-0.39, 0.29) is 0 Å². The van der Waals surface area contributed by atoms with Gasteiger partial charge in [-0.15, -0.1) is 22.7 Å². The average molecular weight is 317 g/mol. The van der Waals surface area contributed by atoms with Crippen molar-refractivity contribution in [3.8, 4) is 10.6 Å². The van der Waals surface area contributed by atoms with Gasteiger partial charge in [0.1, 0.15) is 5.01 Å². The van der Waals surface area contributed by atoms with E-state index in [0.717, 1.165) is 10.5 Å². The molecule has 0 aliphatic rings. The summed E-state index contributed by atoms with van der Waals surface area (Å²) in [5, 5.41) is 3.78. The molecule has 0 aliphatic carbocycles. The molecule has 22 heavy (non-hydrogen) atoms. The lowest BCUT2D eigenvalue weighted by atomic mass is 10.1. The van der Waals surface area contributed by atoms with Crippen LogP contribution in [0.25, 0.3) is 41.0 Å². The molecule has 0 radical (unpaired) electrons. The van der Waals surface area contributed by atoms with E-state index in [1.807, 2.05) is 17.4 Å². The summed E-state index contributed by atoms with van der Waals surface area (Å²) in [6.07, 6.45) is 0. The molecule has 0 saturated carbocycles. The predicted molar refractivity (Wildman–Crippen MR) is 97.9 cm³/mol. The van der Waals surface area contributed by atoms with Crippen LogP contribution in [0.15, 0.2) is 66.7 Å². The van der Waals surface area contributed by atoms with Crippen molar-refractivity contribution < 1.29 is 0 Å². The molecule has 5 rings (SSSR count). The van der Waals surface area contributed by atoms with Crippen LogP contribution in [0.5, 0.6) is 0 Å². The molecule has 5 aromatic rings. The highest BCUT2D eigenvalue weighted by atomic mass is 32.1. The molecule has 0 bridgehead atoms. The molecule has 3 heteroatoms. The lowest BCUT2D eigenvalue weighted by molar-refractivity contribution is 1.49. The van der Waals surface area contributed by atoms with Gasteiger partial charge >= 0.3 is 0 Å². The van der Waals surface area contributed by atoms with Crippen molar-refractivity contribution in [1.82, 2.24) is 4.98 Å². The number of hydrogen-bond acceptors (Lipinski definition) is 3. The van der Waals surface area contributed by atoms with Crippen molar-refractivity contribution in [1.29, 1.82) is 0 Å². The van der Waals surface area contributed by atoms with Crippen LogP contribution < -0.4 is 0 Å². The highest BCUT2D eigenvalue weighted by molar-refractivity contribution is 7.26. The van der Waals surface area contributed by atoms with E-state index in [0.29, 0.717) is 0 Å². The first-order chi connectivity index (χ1) is 10.9. The highest BCUT2D eigenvalue weighted by Gasteiger charge is 2.09. The molecule has 2 aromatic heterocycles. The SMILES string of the molecule is c1ccc2sc(-c3ccc4c(c3)sc3ccccc34)nc2c1. The average Bonchev–Trinajstić information content (AvgIpc) is 3.15. The summed E-state index contributed by atoms with van der Waals surface area (Å²) in [4.78, 5) is 4.77. The highest BCUT2D eigenvalue weighted by Crippen LogP contribution is 2.37. The maximum absolute atomic E-state index is 4.77. The number of thiophene rings is 1. The minimum absolute atomic E-state index is 1.08. The number of nitrogens with zero attached hydrogens (tertiary/aromatic N) is 1. The molecule has 3 aromatic carbocycles. The first-order valence-electron chi connectivity index (χ1n) is 7.16. The van der Waals surface area contributed by atoms with Gasteiger partial charge in [0.05, 0.1) is 10.2 Å². The van der Waals surface area contributed by atoms with Crippen molar-refractivity contribution in [3.63, 3.8) is 0 Å². The lowest BCUT2D eigenvalue weighted by Gasteiger charge is -1.96. The Morgan fingerprint density at radius 2 is 1.41 bits per heavy atom. The maximum atomic E-state index is 4.77. The molecular formula is C19H11NS2. The summed E-state index contributed by atoms with van der Waals surface area (Å²) < 4.78 is 3.92. The van der Waals surface area contributed by atoms with Gasteiger partial charge in [-0.1, -0.05) is 42.5 Å². The van der Waals surface area contributed by atoms with Crippen LogP contribution in [0.3, 0.4) is 0 Å². The zero-order valence-corrected chi connectivity index (χ0v) is 13.2.